The average molecular weight is 274 g/mol. The minimum absolute atomic E-state index is 0.0394. The minimum atomic E-state index is -0.809. The fourth-order valence-electron chi connectivity index (χ4n) is 2.27. The third kappa shape index (κ3) is 4.05. The fraction of sp³-hybridized carbons (Fsp3) is 0.923. The summed E-state index contributed by atoms with van der Waals surface area (Å²) in [6, 6.07) is -0.0394. The van der Waals surface area contributed by atoms with Gasteiger partial charge in [-0.2, -0.15) is 0 Å². The lowest BCUT2D eigenvalue weighted by Crippen LogP contribution is -2.36. The van der Waals surface area contributed by atoms with Crippen molar-refractivity contribution in [2.75, 3.05) is 12.8 Å². The summed E-state index contributed by atoms with van der Waals surface area (Å²) >= 11 is 0. The van der Waals surface area contributed by atoms with E-state index in [-0.39, 0.29) is 23.4 Å². The van der Waals surface area contributed by atoms with Gasteiger partial charge in [0.15, 0.2) is 0 Å². The molecule has 1 rings (SSSR count). The molecule has 0 bridgehead atoms. The normalized spacial score (nSPS) is 27.9. The van der Waals surface area contributed by atoms with E-state index in [0.717, 1.165) is 12.8 Å². The van der Waals surface area contributed by atoms with Crippen molar-refractivity contribution in [3.8, 4) is 0 Å². The van der Waals surface area contributed by atoms with Crippen LogP contribution in [0.2, 0.25) is 0 Å². The van der Waals surface area contributed by atoms with Crippen molar-refractivity contribution < 1.29 is 9.00 Å². The first-order chi connectivity index (χ1) is 8.32. The van der Waals surface area contributed by atoms with Crippen LogP contribution in [0.25, 0.3) is 0 Å². The molecule has 0 radical (unpaired) electrons. The molecule has 4 unspecified atom stereocenters. The van der Waals surface area contributed by atoms with Crippen LogP contribution in [0.3, 0.4) is 0 Å². The molecule has 0 saturated carbocycles. The van der Waals surface area contributed by atoms with Gasteiger partial charge in [-0.1, -0.05) is 20.8 Å². The Morgan fingerprint density at radius 3 is 2.50 bits per heavy atom. The number of carbonyl (C=O) groups is 1. The highest BCUT2D eigenvalue weighted by Gasteiger charge is 2.36. The Kier molecular flexibility index (Phi) is 5.79. The van der Waals surface area contributed by atoms with Gasteiger partial charge in [-0.05, 0) is 25.7 Å². The van der Waals surface area contributed by atoms with Gasteiger partial charge in [0.1, 0.15) is 0 Å². The molecule has 0 aromatic rings. The van der Waals surface area contributed by atoms with Crippen LogP contribution in [0.1, 0.15) is 40.5 Å². The van der Waals surface area contributed by atoms with Crippen molar-refractivity contribution in [3.63, 3.8) is 0 Å². The first-order valence-electron chi connectivity index (χ1n) is 6.71. The van der Waals surface area contributed by atoms with Gasteiger partial charge in [-0.25, -0.2) is 0 Å². The molecule has 1 fully saturated rings. The third-order valence-corrected chi connectivity index (χ3v) is 4.91. The van der Waals surface area contributed by atoms with Crippen LogP contribution in [0, 0.1) is 5.92 Å². The molecular weight excluding hydrogens is 248 g/mol. The lowest BCUT2D eigenvalue weighted by atomic mass is 10.0. The maximum absolute atomic E-state index is 12.2. The Bertz CT molecular complexity index is 320. The quantitative estimate of drug-likeness (QED) is 0.795. The van der Waals surface area contributed by atoms with Crippen LogP contribution >= 0.6 is 0 Å². The molecule has 1 amide bonds. The molecule has 0 aliphatic carbocycles. The highest BCUT2D eigenvalue weighted by molar-refractivity contribution is 7.84. The highest BCUT2D eigenvalue weighted by Crippen LogP contribution is 2.17. The summed E-state index contributed by atoms with van der Waals surface area (Å²) in [5.41, 5.74) is 0. The molecule has 106 valence electrons. The molecule has 4 atom stereocenters. The molecule has 1 aliphatic rings. The minimum Gasteiger partial charge on any atom is -0.326 e. The average Bonchev–Trinajstić information content (AvgIpc) is 2.50. The van der Waals surface area contributed by atoms with Crippen LogP contribution < -0.4 is 5.32 Å². The topological polar surface area (TPSA) is 49.4 Å². The largest absolute Gasteiger partial charge is 0.326 e. The summed E-state index contributed by atoms with van der Waals surface area (Å²) in [4.78, 5) is 14.1. The Labute approximate surface area is 113 Å². The van der Waals surface area contributed by atoms with E-state index in [1.807, 2.05) is 18.7 Å². The van der Waals surface area contributed by atoms with Crippen LogP contribution in [0.15, 0.2) is 0 Å². The highest BCUT2D eigenvalue weighted by atomic mass is 32.2. The summed E-state index contributed by atoms with van der Waals surface area (Å²) < 4.78 is 11.3. The first kappa shape index (κ1) is 15.6. The molecule has 1 saturated heterocycles. The van der Waals surface area contributed by atoms with Crippen LogP contribution in [-0.4, -0.2) is 45.3 Å². The zero-order valence-electron chi connectivity index (χ0n) is 12.1. The fourth-order valence-corrected chi connectivity index (χ4v) is 2.71. The smallest absolute Gasteiger partial charge is 0.241 e. The van der Waals surface area contributed by atoms with E-state index in [2.05, 4.69) is 19.2 Å². The Hall–Kier alpha value is -0.420. The van der Waals surface area contributed by atoms with Crippen molar-refractivity contribution in [2.45, 2.75) is 58.0 Å². The van der Waals surface area contributed by atoms with Crippen LogP contribution in [-0.2, 0) is 15.6 Å². The number of nitrogens with one attached hydrogen (secondary N) is 1. The Balaban J connectivity index is 2.51. The molecule has 4 nitrogen and oxygen atoms in total. The summed E-state index contributed by atoms with van der Waals surface area (Å²) in [6.07, 6.45) is 3.50. The molecule has 0 spiro atoms. The van der Waals surface area contributed by atoms with E-state index >= 15 is 0 Å². The third-order valence-electron chi connectivity index (χ3n) is 3.54. The second-order valence-corrected chi connectivity index (χ2v) is 7.46. The lowest BCUT2D eigenvalue weighted by molar-refractivity contribution is -0.130. The first-order valence-corrected chi connectivity index (χ1v) is 8.33. The Morgan fingerprint density at radius 2 is 2.00 bits per heavy atom. The van der Waals surface area contributed by atoms with E-state index in [9.17, 15) is 9.00 Å². The zero-order chi connectivity index (χ0) is 13.9. The van der Waals surface area contributed by atoms with Gasteiger partial charge in [0, 0.05) is 28.9 Å². The molecule has 18 heavy (non-hydrogen) atoms. The van der Waals surface area contributed by atoms with Gasteiger partial charge in [-0.15, -0.1) is 0 Å². The van der Waals surface area contributed by atoms with E-state index < -0.39 is 10.8 Å². The van der Waals surface area contributed by atoms with Gasteiger partial charge in [0.2, 0.25) is 5.91 Å². The number of amides is 1. The number of hydrogen-bond acceptors (Lipinski definition) is 3. The van der Waals surface area contributed by atoms with Crippen molar-refractivity contribution in [1.29, 1.82) is 0 Å². The van der Waals surface area contributed by atoms with E-state index in [1.165, 1.54) is 0 Å². The number of hydrogen-bond donors (Lipinski definition) is 1. The number of rotatable bonds is 6. The molecule has 0 aromatic heterocycles. The van der Waals surface area contributed by atoms with Crippen molar-refractivity contribution in [1.82, 2.24) is 10.2 Å². The maximum atomic E-state index is 12.2. The predicted octanol–water partition coefficient (Wildman–Crippen LogP) is 1.34. The summed E-state index contributed by atoms with van der Waals surface area (Å²) in [6.45, 7) is 8.95. The van der Waals surface area contributed by atoms with E-state index in [4.69, 9.17) is 0 Å². The van der Waals surface area contributed by atoms with Crippen molar-refractivity contribution in [3.05, 3.63) is 0 Å². The van der Waals surface area contributed by atoms with E-state index in [1.54, 1.807) is 6.26 Å². The van der Waals surface area contributed by atoms with Crippen LogP contribution in [0.5, 0.6) is 0 Å². The van der Waals surface area contributed by atoms with Crippen LogP contribution in [0.4, 0.5) is 0 Å². The van der Waals surface area contributed by atoms with E-state index in [0.29, 0.717) is 12.5 Å². The number of carbonyl (C=O) groups excluding carboxylic acids is 1. The van der Waals surface area contributed by atoms with Gasteiger partial charge in [0.05, 0.1) is 12.2 Å². The van der Waals surface area contributed by atoms with Gasteiger partial charge < -0.3 is 4.90 Å². The van der Waals surface area contributed by atoms with Gasteiger partial charge in [-0.3, -0.25) is 14.3 Å². The monoisotopic (exact) mass is 274 g/mol. The summed E-state index contributed by atoms with van der Waals surface area (Å²) in [5, 5.41) is 3.49. The predicted molar refractivity (Wildman–Crippen MR) is 75.7 cm³/mol. The maximum Gasteiger partial charge on any atom is 0.241 e. The SMILES string of the molecule is CC(C)CC1NC(C)N(CCC(C)S(C)=O)C1=O. The zero-order valence-corrected chi connectivity index (χ0v) is 12.9. The molecule has 0 aromatic carbocycles. The second-order valence-electron chi connectivity index (χ2n) is 5.65. The standard InChI is InChI=1S/C13H26N2O2S/c1-9(2)8-12-13(16)15(11(4)14-12)7-6-10(3)18(5)17/h9-12,14H,6-8H2,1-5H3. The molecular formula is C13H26N2O2S. The molecule has 1 heterocycles. The summed E-state index contributed by atoms with van der Waals surface area (Å²) in [7, 11) is -0.809. The molecule has 5 heteroatoms. The molecule has 1 N–H and O–H groups in total. The lowest BCUT2D eigenvalue weighted by Gasteiger charge is -2.22. The Morgan fingerprint density at radius 1 is 1.39 bits per heavy atom. The van der Waals surface area contributed by atoms with Gasteiger partial charge >= 0.3 is 0 Å². The number of nitrogens with zero attached hydrogens (tertiary/aromatic N) is 1. The van der Waals surface area contributed by atoms with Crippen molar-refractivity contribution >= 4 is 16.7 Å². The van der Waals surface area contributed by atoms with Crippen molar-refractivity contribution in [2.24, 2.45) is 5.92 Å². The second kappa shape index (κ2) is 6.66. The van der Waals surface area contributed by atoms with Gasteiger partial charge in [0.25, 0.3) is 0 Å². The summed E-state index contributed by atoms with van der Waals surface area (Å²) in [5.74, 6) is 0.714. The molecule has 1 aliphatic heterocycles.